The first-order chi connectivity index (χ1) is 13.9. The molecule has 0 aliphatic rings. The first-order valence-electron chi connectivity index (χ1n) is 8.87. The quantitative estimate of drug-likeness (QED) is 0.241. The molecule has 0 atom stereocenters. The number of halogens is 5. The first-order valence-corrected chi connectivity index (χ1v) is 8.87. The zero-order chi connectivity index (χ0) is 21.1. The van der Waals surface area contributed by atoms with Crippen LogP contribution in [-0.2, 0) is 6.42 Å². The molecule has 3 rings (SSSR count). The smallest absolute Gasteiger partial charge is 0.201 e. The molecule has 0 spiro atoms. The molecule has 0 saturated heterocycles. The van der Waals surface area contributed by atoms with E-state index < -0.39 is 45.8 Å². The number of benzene rings is 3. The normalized spacial score (nSPS) is 12.1. The lowest BCUT2D eigenvalue weighted by molar-refractivity contribution is 0.334. The predicted molar refractivity (Wildman–Crippen MR) is 104 cm³/mol. The maximum atomic E-state index is 14.8. The van der Waals surface area contributed by atoms with Crippen LogP contribution in [0.2, 0.25) is 0 Å². The van der Waals surface area contributed by atoms with Crippen molar-refractivity contribution < 1.29 is 26.7 Å². The van der Waals surface area contributed by atoms with Gasteiger partial charge in [0.25, 0.3) is 0 Å². The van der Waals surface area contributed by atoms with E-state index in [2.05, 4.69) is 6.58 Å². The number of aryl methyl sites for hydroxylation is 1. The van der Waals surface area contributed by atoms with E-state index in [1.807, 2.05) is 6.92 Å². The minimum atomic E-state index is -1.54. The van der Waals surface area contributed by atoms with Crippen molar-refractivity contribution in [3.63, 3.8) is 0 Å². The van der Waals surface area contributed by atoms with Crippen molar-refractivity contribution in [3.05, 3.63) is 89.3 Å². The van der Waals surface area contributed by atoms with Gasteiger partial charge in [-0.25, -0.2) is 17.6 Å². The molecule has 0 radical (unpaired) electrons. The maximum Gasteiger partial charge on any atom is 0.201 e. The molecule has 6 heteroatoms. The maximum absolute atomic E-state index is 14.8. The highest BCUT2D eigenvalue weighted by molar-refractivity contribution is 5.91. The Bertz CT molecular complexity index is 1100. The summed E-state index contributed by atoms with van der Waals surface area (Å²) in [5, 5.41) is -0.833. The van der Waals surface area contributed by atoms with Gasteiger partial charge in [-0.05, 0) is 29.5 Å². The fourth-order valence-electron chi connectivity index (χ4n) is 2.91. The van der Waals surface area contributed by atoms with E-state index >= 15 is 0 Å². The van der Waals surface area contributed by atoms with Crippen LogP contribution >= 0.6 is 0 Å². The van der Waals surface area contributed by atoms with Crippen molar-refractivity contribution in [1.29, 1.82) is 0 Å². The van der Waals surface area contributed by atoms with E-state index in [4.69, 9.17) is 4.74 Å². The summed E-state index contributed by atoms with van der Waals surface area (Å²) in [6.07, 6.45) is 2.05. The summed E-state index contributed by atoms with van der Waals surface area (Å²) in [5.41, 5.74) is 0.0394. The van der Waals surface area contributed by atoms with Crippen LogP contribution in [0.3, 0.4) is 0 Å². The highest BCUT2D eigenvalue weighted by atomic mass is 19.2. The molecule has 29 heavy (non-hydrogen) atoms. The molecule has 150 valence electrons. The van der Waals surface area contributed by atoms with E-state index in [0.717, 1.165) is 24.1 Å². The monoisotopic (exact) mass is 404 g/mol. The molecule has 0 fully saturated rings. The van der Waals surface area contributed by atoms with Crippen molar-refractivity contribution in [2.45, 2.75) is 13.3 Å². The van der Waals surface area contributed by atoms with Crippen LogP contribution in [0.25, 0.3) is 22.4 Å². The minimum Gasteiger partial charge on any atom is -0.486 e. The third-order valence-electron chi connectivity index (χ3n) is 4.49. The number of fused-ring (bicyclic) bond motifs is 1. The Morgan fingerprint density at radius 2 is 1.62 bits per heavy atom. The summed E-state index contributed by atoms with van der Waals surface area (Å²) in [4.78, 5) is 0. The SMILES string of the molecule is C=CCOc1cc2ccc(C(F)=C(F)c3ccc(CC)cc3)c(F)c2c(F)c1F. The van der Waals surface area contributed by atoms with Gasteiger partial charge in [0.05, 0.1) is 5.39 Å². The van der Waals surface area contributed by atoms with Crippen LogP contribution in [-0.4, -0.2) is 6.61 Å². The largest absolute Gasteiger partial charge is 0.486 e. The fraction of sp³-hybridized carbons (Fsp3) is 0.130. The fourth-order valence-corrected chi connectivity index (χ4v) is 2.91. The summed E-state index contributed by atoms with van der Waals surface area (Å²) < 4.78 is 77.7. The molecular weight excluding hydrogens is 387 g/mol. The molecule has 3 aromatic rings. The van der Waals surface area contributed by atoms with Gasteiger partial charge in [-0.2, -0.15) is 4.39 Å². The second kappa shape index (κ2) is 8.47. The van der Waals surface area contributed by atoms with Crippen molar-refractivity contribution in [1.82, 2.24) is 0 Å². The van der Waals surface area contributed by atoms with Gasteiger partial charge in [-0.1, -0.05) is 49.9 Å². The van der Waals surface area contributed by atoms with Gasteiger partial charge in [0.2, 0.25) is 5.82 Å². The van der Waals surface area contributed by atoms with Crippen LogP contribution in [0.4, 0.5) is 22.0 Å². The van der Waals surface area contributed by atoms with E-state index in [1.54, 1.807) is 12.1 Å². The van der Waals surface area contributed by atoms with Gasteiger partial charge in [-0.3, -0.25) is 0 Å². The number of hydrogen-bond donors (Lipinski definition) is 0. The minimum absolute atomic E-state index is 0.0512. The summed E-state index contributed by atoms with van der Waals surface area (Å²) in [6, 6.07) is 9.22. The summed E-state index contributed by atoms with van der Waals surface area (Å²) in [6.45, 7) is 5.23. The molecule has 0 amide bonds. The van der Waals surface area contributed by atoms with Crippen molar-refractivity contribution in [3.8, 4) is 5.75 Å². The van der Waals surface area contributed by atoms with Crippen LogP contribution in [0, 0.1) is 17.5 Å². The molecule has 0 N–H and O–H groups in total. The van der Waals surface area contributed by atoms with Crippen LogP contribution in [0.15, 0.2) is 55.1 Å². The lowest BCUT2D eigenvalue weighted by atomic mass is 10.0. The lowest BCUT2D eigenvalue weighted by Crippen LogP contribution is -2.01. The molecule has 0 aliphatic heterocycles. The highest BCUT2D eigenvalue weighted by Gasteiger charge is 2.23. The van der Waals surface area contributed by atoms with Crippen molar-refractivity contribution >= 4 is 22.4 Å². The third-order valence-corrected chi connectivity index (χ3v) is 4.49. The first kappa shape index (κ1) is 20.6. The van der Waals surface area contributed by atoms with Crippen molar-refractivity contribution in [2.75, 3.05) is 6.61 Å². The molecule has 0 saturated carbocycles. The summed E-state index contributed by atoms with van der Waals surface area (Å²) in [7, 11) is 0. The molecule has 0 bridgehead atoms. The van der Waals surface area contributed by atoms with E-state index in [0.29, 0.717) is 0 Å². The molecule has 0 unspecified atom stereocenters. The standard InChI is InChI=1S/C23H17F5O/c1-3-11-29-17-12-15-9-10-16(20(25)18(15)23(28)22(17)27)21(26)19(24)14-7-5-13(4-2)6-8-14/h3,5-10,12H,1,4,11H2,2H3. The molecular formula is C23H17F5O. The Kier molecular flexibility index (Phi) is 6.01. The van der Waals surface area contributed by atoms with Gasteiger partial charge in [-0.15, -0.1) is 0 Å². The van der Waals surface area contributed by atoms with Crippen LogP contribution in [0.1, 0.15) is 23.6 Å². The van der Waals surface area contributed by atoms with E-state index in [-0.39, 0.29) is 17.6 Å². The summed E-state index contributed by atoms with van der Waals surface area (Å²) >= 11 is 0. The molecule has 1 nitrogen and oxygen atoms in total. The predicted octanol–water partition coefficient (Wildman–Crippen LogP) is 7.15. The average molecular weight is 404 g/mol. The van der Waals surface area contributed by atoms with Gasteiger partial charge >= 0.3 is 0 Å². The highest BCUT2D eigenvalue weighted by Crippen LogP contribution is 2.36. The Labute approximate surface area is 164 Å². The average Bonchev–Trinajstić information content (AvgIpc) is 2.74. The molecule has 0 aliphatic carbocycles. The van der Waals surface area contributed by atoms with Gasteiger partial charge < -0.3 is 4.74 Å². The number of rotatable bonds is 6. The lowest BCUT2D eigenvalue weighted by Gasteiger charge is -2.11. The van der Waals surface area contributed by atoms with Crippen LogP contribution < -0.4 is 4.74 Å². The Balaban J connectivity index is 2.13. The number of ether oxygens (including phenoxy) is 1. The molecule has 0 aromatic heterocycles. The number of hydrogen-bond acceptors (Lipinski definition) is 1. The van der Waals surface area contributed by atoms with E-state index in [9.17, 15) is 22.0 Å². The van der Waals surface area contributed by atoms with Gasteiger partial charge in [0.1, 0.15) is 12.4 Å². The van der Waals surface area contributed by atoms with Crippen LogP contribution in [0.5, 0.6) is 5.75 Å². The van der Waals surface area contributed by atoms with E-state index in [1.165, 1.54) is 24.3 Å². The van der Waals surface area contributed by atoms with Crippen molar-refractivity contribution in [2.24, 2.45) is 0 Å². The zero-order valence-corrected chi connectivity index (χ0v) is 15.5. The van der Waals surface area contributed by atoms with Gasteiger partial charge in [0.15, 0.2) is 23.2 Å². The molecule has 3 aromatic carbocycles. The Morgan fingerprint density at radius 3 is 2.24 bits per heavy atom. The third kappa shape index (κ3) is 3.88. The summed E-state index contributed by atoms with van der Waals surface area (Å²) in [5.74, 6) is -7.58. The topological polar surface area (TPSA) is 9.23 Å². The van der Waals surface area contributed by atoms with Gasteiger partial charge in [0, 0.05) is 11.1 Å². The zero-order valence-electron chi connectivity index (χ0n) is 15.5. The molecule has 0 heterocycles. The second-order valence-electron chi connectivity index (χ2n) is 6.31. The Morgan fingerprint density at radius 1 is 0.931 bits per heavy atom. The second-order valence-corrected chi connectivity index (χ2v) is 6.31. The Hall–Kier alpha value is -3.15.